The van der Waals surface area contributed by atoms with Crippen LogP contribution in [0.4, 0.5) is 17.7 Å². The smallest absolute Gasteiger partial charge is 0.349 e. The second-order valence-electron chi connectivity index (χ2n) is 27.4. The van der Waals surface area contributed by atoms with Gasteiger partial charge in [-0.3, -0.25) is 96.0 Å². The highest BCUT2D eigenvalue weighted by molar-refractivity contribution is 6.06. The second-order valence-corrected chi connectivity index (χ2v) is 27.4. The van der Waals surface area contributed by atoms with Crippen LogP contribution in [0.2, 0.25) is 0 Å². The van der Waals surface area contributed by atoms with E-state index in [0.717, 1.165) is 60.4 Å². The summed E-state index contributed by atoms with van der Waals surface area (Å²) in [4.78, 5) is 261. The molecule has 6 rings (SSSR count). The molecule has 0 saturated heterocycles. The first-order valence-corrected chi connectivity index (χ1v) is 37.8. The number of anilines is 3. The molecule has 6 aromatic heterocycles. The quantitative estimate of drug-likeness (QED) is 0.0125. The van der Waals surface area contributed by atoms with Crippen molar-refractivity contribution in [3.05, 3.63) is 88.7 Å². The van der Waals surface area contributed by atoms with Crippen molar-refractivity contribution in [2.24, 2.45) is 28.7 Å². The van der Waals surface area contributed by atoms with Gasteiger partial charge in [-0.05, 0) is 90.4 Å². The van der Waals surface area contributed by atoms with E-state index in [0.29, 0.717) is 70.9 Å². The van der Waals surface area contributed by atoms with Crippen LogP contribution in [-0.2, 0) is 83.7 Å². The average Bonchev–Trinajstić information content (AvgIpc) is 1.66. The van der Waals surface area contributed by atoms with Crippen molar-refractivity contribution >= 4 is 111 Å². The van der Waals surface area contributed by atoms with Crippen molar-refractivity contribution in [1.82, 2.24) is 110 Å². The Balaban J connectivity index is 1.18. The van der Waals surface area contributed by atoms with Crippen molar-refractivity contribution in [3.63, 3.8) is 0 Å². The Labute approximate surface area is 662 Å². The number of aromatic amines is 3. The highest BCUT2D eigenvalue weighted by atomic mass is 16.2. The summed E-state index contributed by atoms with van der Waals surface area (Å²) in [5.74, 6) is -10.1. The molecule has 0 spiro atoms. The van der Waals surface area contributed by atoms with Crippen LogP contribution in [0.1, 0.15) is 102 Å². The molecule has 6 aromatic rings. The molecule has 25 N–H and O–H groups in total. The zero-order valence-electron chi connectivity index (χ0n) is 64.9. The molecular weight excluding hydrogens is 1520 g/mol. The number of carbonyl (C=O) groups is 12. The Morgan fingerprint density at radius 3 is 1.30 bits per heavy atom. The maximum absolute atomic E-state index is 14.4. The van der Waals surface area contributed by atoms with E-state index in [1.807, 2.05) is 6.92 Å². The number of rotatable bonds is 52. The first kappa shape index (κ1) is 92.4. The highest BCUT2D eigenvalue weighted by Crippen LogP contribution is 2.14. The summed E-state index contributed by atoms with van der Waals surface area (Å²) in [5, 5.41) is 15.7. The first-order valence-electron chi connectivity index (χ1n) is 37.8. The van der Waals surface area contributed by atoms with Crippen LogP contribution in [0.5, 0.6) is 0 Å². The second kappa shape index (κ2) is 46.6. The summed E-state index contributed by atoms with van der Waals surface area (Å²) in [6.07, 6.45) is 9.89. The number of Topliss-reactive ketones (excluding diaryl/α,β-unsaturated/α-hetero) is 2. The van der Waals surface area contributed by atoms with Gasteiger partial charge in [-0.2, -0.15) is 15.0 Å². The maximum Gasteiger partial charge on any atom is 0.349 e. The number of fused-ring (bicyclic) bond motifs is 2. The number of ketones is 2. The molecule has 0 aliphatic heterocycles. The van der Waals surface area contributed by atoms with Crippen molar-refractivity contribution in [1.29, 1.82) is 0 Å². The summed E-state index contributed by atoms with van der Waals surface area (Å²) in [6.45, 7) is -4.56. The summed E-state index contributed by atoms with van der Waals surface area (Å²) < 4.78 is 4.14. The summed E-state index contributed by atoms with van der Waals surface area (Å²) in [5.41, 5.74) is 42.0. The number of aromatic nitrogens is 12. The van der Waals surface area contributed by atoms with E-state index in [4.69, 9.17) is 45.9 Å². The lowest BCUT2D eigenvalue weighted by Crippen LogP contribution is -2.51. The molecular formula is C69H106N30O17. The van der Waals surface area contributed by atoms with Gasteiger partial charge in [-0.15, -0.1) is 0 Å². The Hall–Kier alpha value is -12.5. The minimum atomic E-state index is -1.31. The number of hydrogen-bond donors (Lipinski definition) is 17. The van der Waals surface area contributed by atoms with Crippen molar-refractivity contribution < 1.29 is 57.5 Å². The Morgan fingerprint density at radius 1 is 0.466 bits per heavy atom. The maximum atomic E-state index is 14.4. The third-order valence-corrected chi connectivity index (χ3v) is 18.3. The van der Waals surface area contributed by atoms with Crippen LogP contribution >= 0.6 is 0 Å². The molecule has 634 valence electrons. The van der Waals surface area contributed by atoms with Crippen LogP contribution in [-0.4, -0.2) is 271 Å². The molecule has 0 fully saturated rings. The van der Waals surface area contributed by atoms with E-state index < -0.39 is 221 Å². The number of H-pyrrole nitrogens is 3. The molecule has 47 heteroatoms. The van der Waals surface area contributed by atoms with Gasteiger partial charge in [0.15, 0.2) is 33.9 Å². The number of amides is 10. The van der Waals surface area contributed by atoms with E-state index in [9.17, 15) is 81.5 Å². The van der Waals surface area contributed by atoms with E-state index in [1.54, 1.807) is 0 Å². The normalized spacial score (nSPS) is 12.2. The Bertz CT molecular complexity index is 4740. The molecule has 0 saturated carbocycles. The average molecular weight is 1630 g/mol. The number of unbranched alkanes of at least 4 members (excludes halogenated alkanes) is 5. The topological polar surface area (TPSA) is 715 Å². The van der Waals surface area contributed by atoms with Gasteiger partial charge in [0.25, 0.3) is 16.7 Å². The molecule has 0 bridgehead atoms. The molecule has 6 heterocycles. The molecule has 0 aliphatic carbocycles. The van der Waals surface area contributed by atoms with Gasteiger partial charge in [0.05, 0.1) is 69.4 Å². The van der Waals surface area contributed by atoms with E-state index >= 15 is 0 Å². The van der Waals surface area contributed by atoms with Gasteiger partial charge in [-0.25, -0.2) is 19.6 Å². The zero-order chi connectivity index (χ0) is 85.1. The number of imidazole rings is 2. The number of nitrogens with two attached hydrogens (primary N) is 8. The Kier molecular flexibility index (Phi) is 37.1. The monoisotopic (exact) mass is 1630 g/mol. The fraction of sp³-hybridized carbons (Fsp3) is 0.565. The molecule has 116 heavy (non-hydrogen) atoms. The van der Waals surface area contributed by atoms with Crippen LogP contribution in [0.15, 0.2) is 55.1 Å². The van der Waals surface area contributed by atoms with Gasteiger partial charge in [0.2, 0.25) is 71.0 Å². The van der Waals surface area contributed by atoms with Gasteiger partial charge >= 0.3 is 11.4 Å². The van der Waals surface area contributed by atoms with Gasteiger partial charge in [0.1, 0.15) is 32.0 Å². The van der Waals surface area contributed by atoms with Crippen molar-refractivity contribution in [2.45, 2.75) is 154 Å². The van der Waals surface area contributed by atoms with E-state index in [2.05, 4.69) is 71.8 Å². The number of hydrogen-bond acceptors (Lipinski definition) is 30. The van der Waals surface area contributed by atoms with Crippen molar-refractivity contribution in [3.8, 4) is 0 Å². The molecule has 0 aromatic carbocycles. The number of nitrogens with zero attached hydrogens (tertiary/aromatic N) is 13. The number of carbonyl (C=O) groups excluding carboxylic acids is 12. The van der Waals surface area contributed by atoms with Gasteiger partial charge in [0, 0.05) is 70.3 Å². The van der Waals surface area contributed by atoms with Gasteiger partial charge in [-0.1, -0.05) is 32.6 Å². The molecule has 0 aliphatic rings. The molecule has 4 atom stereocenters. The lowest BCUT2D eigenvalue weighted by Gasteiger charge is -2.26. The minimum absolute atomic E-state index is 0.0000370. The molecule has 10 amide bonds. The standard InChI is InChI=1S/C69H106N30O17/c1-3-4-5-12-43(74)63(112)85-45(15-8-11-19-72)47(101)29-46(100)44(14-7-10-18-71)84-52(105)34-95(56(109)38-99-40-83-58-60(99)88-67(77)90-65(58)114)27-22-80-50(103)32-93(54(107)36-97-30-41(2)61(110)91-69(97)116)26-21-79-49(102)31-92(53(106)35-96-24-16-48(75)86-68(96)115)25-20-78-51(104)33-94(28-23-81-62(111)42(73)13-6-9-17-70)55(108)37-98-39-82-57-59(98)87-66(76)89-64(57)113/h16,24,30,39-40,42-45H,3-15,17-23,25-29,31-38,70-74H2,1-2H3,(H,78,104)(H,79,102)(H,80,103)(H,81,111)(H,84,105)(H,85,112)(H2,75,86,115)(H,91,110,116)(H3,76,87,89,113)(H3,77,88,90,114)/t42-,43+,44-,45+/m0/s1. The van der Waals surface area contributed by atoms with Crippen LogP contribution in [0.3, 0.4) is 0 Å². The molecule has 0 unspecified atom stereocenters. The largest absolute Gasteiger partial charge is 0.383 e. The third kappa shape index (κ3) is 29.5. The van der Waals surface area contributed by atoms with E-state index in [-0.39, 0.29) is 78.1 Å². The van der Waals surface area contributed by atoms with Gasteiger partial charge < -0.3 is 107 Å². The van der Waals surface area contributed by atoms with E-state index in [1.165, 1.54) is 28.3 Å². The Morgan fingerprint density at radius 2 is 0.862 bits per heavy atom. The predicted molar refractivity (Wildman–Crippen MR) is 420 cm³/mol. The predicted octanol–water partition coefficient (Wildman–Crippen LogP) is -8.99. The third-order valence-electron chi connectivity index (χ3n) is 18.3. The zero-order valence-corrected chi connectivity index (χ0v) is 64.9. The van der Waals surface area contributed by atoms with Crippen LogP contribution < -0.4 is 106 Å². The SMILES string of the molecule is CCCCC[C@@H](N)C(=O)N[C@H](CCCCN)C(=O)CC(=O)[C@H](CCCCN)NC(=O)CN(CCNC(=O)CN(CCNC(=O)CN(CCNC(=O)CN(CCNC(=O)[C@@H](N)CCCCN)C(=O)Cn1cnc2c(=O)[nH]c(N)nc21)C(=O)Cn1ccc(N)nc1=O)C(=O)Cn1cc(C)c(=O)[nH]c1=O)C(=O)Cn1cnc2c(=O)[nH]c(N)nc21. The molecule has 0 radical (unpaired) electrons. The lowest BCUT2D eigenvalue weighted by atomic mass is 9.95. The van der Waals surface area contributed by atoms with Crippen LogP contribution in [0, 0.1) is 6.92 Å². The fourth-order valence-corrected chi connectivity index (χ4v) is 11.9. The first-order chi connectivity index (χ1) is 55.3. The van der Waals surface area contributed by atoms with Crippen LogP contribution in [0.25, 0.3) is 22.3 Å². The van der Waals surface area contributed by atoms with Crippen molar-refractivity contribution in [2.75, 3.05) is 115 Å². The fourth-order valence-electron chi connectivity index (χ4n) is 11.9. The number of aryl methyl sites for hydroxylation is 1. The highest BCUT2D eigenvalue weighted by Gasteiger charge is 2.32. The minimum Gasteiger partial charge on any atom is -0.383 e. The number of nitrogens with one attached hydrogen (secondary N) is 9. The number of nitrogen functional groups attached to an aromatic ring is 3. The summed E-state index contributed by atoms with van der Waals surface area (Å²) >= 11 is 0. The summed E-state index contributed by atoms with van der Waals surface area (Å²) in [6, 6.07) is -3.02. The molecule has 47 nitrogen and oxygen atoms in total. The lowest BCUT2D eigenvalue weighted by molar-refractivity contribution is -0.138. The summed E-state index contributed by atoms with van der Waals surface area (Å²) in [7, 11) is 0.